The number of hydrogen-bond acceptors (Lipinski definition) is 0. The Kier molecular flexibility index (Phi) is 4.87. The summed E-state index contributed by atoms with van der Waals surface area (Å²) < 4.78 is 59.2. The van der Waals surface area contributed by atoms with Crippen LogP contribution in [0.15, 0.2) is 35.2 Å². The van der Waals surface area contributed by atoms with Crippen LogP contribution in [0.4, 0.5) is 25.2 Å². The van der Waals surface area contributed by atoms with E-state index in [9.17, 15) is 25.2 Å². The Balaban J connectivity index is 0.000000295. The van der Waals surface area contributed by atoms with Crippen LogP contribution in [0.1, 0.15) is 25.0 Å². The van der Waals surface area contributed by atoms with Gasteiger partial charge in [-0.1, -0.05) is 38.1 Å². The van der Waals surface area contributed by atoms with Crippen molar-refractivity contribution in [1.29, 1.82) is 0 Å². The SMILES string of the molecule is CCc1cc2ccccc2c([SH2+])c1CC.F[P-](F)(F)(F)(F)F. The molecule has 0 aliphatic rings. The third-order valence-corrected chi connectivity index (χ3v) is 3.55. The molecule has 126 valence electrons. The Labute approximate surface area is 130 Å². The maximum atomic E-state index is 9.87. The van der Waals surface area contributed by atoms with E-state index in [1.165, 1.54) is 26.8 Å². The quantitative estimate of drug-likeness (QED) is 0.316. The monoisotopic (exact) mass is 362 g/mol. The molecule has 2 aromatic carbocycles. The fourth-order valence-electron chi connectivity index (χ4n) is 2.17. The topological polar surface area (TPSA) is 0 Å². The molecule has 2 aromatic rings. The van der Waals surface area contributed by atoms with Crippen LogP contribution in [0.25, 0.3) is 10.8 Å². The van der Waals surface area contributed by atoms with Gasteiger partial charge < -0.3 is 0 Å². The summed E-state index contributed by atoms with van der Waals surface area (Å²) >= 11 is 3.79. The van der Waals surface area contributed by atoms with Crippen LogP contribution in [0.2, 0.25) is 0 Å². The average molecular weight is 362 g/mol. The first-order valence-electron chi connectivity index (χ1n) is 6.54. The summed E-state index contributed by atoms with van der Waals surface area (Å²) in [5.41, 5.74) is 2.91. The molecule has 0 nitrogen and oxygen atoms in total. The number of halogens is 6. The van der Waals surface area contributed by atoms with E-state index < -0.39 is 7.81 Å². The van der Waals surface area contributed by atoms with Crippen LogP contribution < -0.4 is 0 Å². The summed E-state index contributed by atoms with van der Waals surface area (Å²) in [6.07, 6.45) is 2.19. The third-order valence-electron chi connectivity index (χ3n) is 2.98. The normalized spacial score (nSPS) is 14.8. The van der Waals surface area contributed by atoms with E-state index in [-0.39, 0.29) is 0 Å². The summed E-state index contributed by atoms with van der Waals surface area (Å²) in [6.45, 7) is 4.43. The summed E-state index contributed by atoms with van der Waals surface area (Å²) in [5, 5.41) is 2.65. The molecule has 0 fully saturated rings. The first-order chi connectivity index (χ1) is 9.72. The Morgan fingerprint density at radius 1 is 0.909 bits per heavy atom. The molecule has 0 aliphatic carbocycles. The Hall–Kier alpha value is -0.940. The van der Waals surface area contributed by atoms with Gasteiger partial charge in [-0.15, -0.1) is 0 Å². The van der Waals surface area contributed by atoms with Crippen molar-refractivity contribution in [3.8, 4) is 0 Å². The summed E-state index contributed by atoms with van der Waals surface area (Å²) in [5.74, 6) is 0. The van der Waals surface area contributed by atoms with Gasteiger partial charge in [0.25, 0.3) is 0 Å². The third kappa shape index (κ3) is 6.88. The minimum absolute atomic E-state index is 1.09. The summed E-state index contributed by atoms with van der Waals surface area (Å²) in [6, 6.07) is 10.9. The van der Waals surface area contributed by atoms with Crippen molar-refractivity contribution in [3.05, 3.63) is 41.5 Å². The zero-order chi connectivity index (χ0) is 17.2. The molecule has 0 N–H and O–H groups in total. The van der Waals surface area contributed by atoms with Crippen LogP contribution in [0.3, 0.4) is 0 Å². The van der Waals surface area contributed by atoms with E-state index in [0.717, 1.165) is 12.8 Å². The van der Waals surface area contributed by atoms with Crippen molar-refractivity contribution in [3.63, 3.8) is 0 Å². The number of rotatable bonds is 2. The van der Waals surface area contributed by atoms with Crippen molar-refractivity contribution in [2.24, 2.45) is 0 Å². The molecular weight excluding hydrogens is 345 g/mol. The molecule has 0 saturated heterocycles. The molecule has 0 radical (unpaired) electrons. The van der Waals surface area contributed by atoms with Gasteiger partial charge in [-0.05, 0) is 42.5 Å². The van der Waals surface area contributed by atoms with Crippen LogP contribution in [0, 0.1) is 0 Å². The molecule has 0 spiro atoms. The predicted octanol–water partition coefficient (Wildman–Crippen LogP) is 6.72. The fraction of sp³-hybridized carbons (Fsp3) is 0.286. The van der Waals surface area contributed by atoms with E-state index in [2.05, 4.69) is 56.8 Å². The molecule has 0 unspecified atom stereocenters. The van der Waals surface area contributed by atoms with Crippen LogP contribution in [-0.2, 0) is 25.5 Å². The van der Waals surface area contributed by atoms with Gasteiger partial charge in [0.2, 0.25) is 0 Å². The zero-order valence-corrected chi connectivity index (χ0v) is 13.9. The molecule has 0 atom stereocenters. The van der Waals surface area contributed by atoms with E-state index in [1.54, 1.807) is 0 Å². The van der Waals surface area contributed by atoms with Crippen molar-refractivity contribution in [1.82, 2.24) is 0 Å². The molecule has 22 heavy (non-hydrogen) atoms. The summed E-state index contributed by atoms with van der Waals surface area (Å²) in [7, 11) is -10.7. The molecular formula is C14H17F6PS. The second-order valence-electron chi connectivity index (χ2n) is 4.78. The maximum absolute atomic E-state index is 10.7. The van der Waals surface area contributed by atoms with Gasteiger partial charge in [0.05, 0.1) is 0 Å². The second kappa shape index (κ2) is 5.60. The predicted molar refractivity (Wildman–Crippen MR) is 84.7 cm³/mol. The first kappa shape index (κ1) is 19.1. The van der Waals surface area contributed by atoms with Gasteiger partial charge in [0, 0.05) is 10.9 Å². The van der Waals surface area contributed by atoms with Crippen molar-refractivity contribution in [2.45, 2.75) is 31.6 Å². The van der Waals surface area contributed by atoms with E-state index in [1.807, 2.05) is 0 Å². The van der Waals surface area contributed by atoms with Crippen LogP contribution >= 0.6 is 7.81 Å². The van der Waals surface area contributed by atoms with Crippen molar-refractivity contribution >= 4 is 31.2 Å². The van der Waals surface area contributed by atoms with E-state index in [4.69, 9.17) is 0 Å². The molecule has 0 saturated carbocycles. The van der Waals surface area contributed by atoms with Gasteiger partial charge in [-0.25, -0.2) is 0 Å². The van der Waals surface area contributed by atoms with E-state index >= 15 is 0 Å². The number of hydrogen-bond donors (Lipinski definition) is 0. The standard InChI is InChI=1S/C14H16S.F6P/c1-3-10-9-11-7-5-6-8-13(11)14(15)12(10)4-2;1-7(2,3,4,5)6/h5-9,15H,3-4H2,1-2H3;/q;-1/p+1. The molecule has 2 rings (SSSR count). The Morgan fingerprint density at radius 3 is 1.86 bits per heavy atom. The Bertz CT molecular complexity index is 667. The van der Waals surface area contributed by atoms with Gasteiger partial charge in [-0.2, -0.15) is 0 Å². The average Bonchev–Trinajstić information content (AvgIpc) is 2.35. The van der Waals surface area contributed by atoms with Crippen molar-refractivity contribution in [2.75, 3.05) is 0 Å². The molecule has 0 amide bonds. The minimum atomic E-state index is -10.7. The molecule has 0 bridgehead atoms. The second-order valence-corrected chi connectivity index (χ2v) is 7.19. The van der Waals surface area contributed by atoms with Gasteiger partial charge in [-0.3, -0.25) is 0 Å². The Morgan fingerprint density at radius 2 is 1.41 bits per heavy atom. The number of aryl methyl sites for hydroxylation is 1. The molecule has 8 heteroatoms. The van der Waals surface area contributed by atoms with Gasteiger partial charge >= 0.3 is 33.0 Å². The van der Waals surface area contributed by atoms with Crippen molar-refractivity contribution < 1.29 is 25.2 Å². The van der Waals surface area contributed by atoms with Gasteiger partial charge in [0.15, 0.2) is 4.90 Å². The zero-order valence-electron chi connectivity index (χ0n) is 12.0. The van der Waals surface area contributed by atoms with Crippen LogP contribution in [0.5, 0.6) is 0 Å². The fourth-order valence-corrected chi connectivity index (χ4v) is 2.73. The van der Waals surface area contributed by atoms with Gasteiger partial charge in [0.1, 0.15) is 0 Å². The number of benzene rings is 2. The first-order valence-corrected chi connectivity index (χ1v) is 9.07. The number of fused-ring (bicyclic) bond motifs is 1. The molecule has 0 heterocycles. The summed E-state index contributed by atoms with van der Waals surface area (Å²) in [4.78, 5) is 1.27. The molecule has 0 aromatic heterocycles. The van der Waals surface area contributed by atoms with E-state index in [0.29, 0.717) is 0 Å². The van der Waals surface area contributed by atoms with Crippen LogP contribution in [-0.4, -0.2) is 0 Å². The molecule has 0 aliphatic heterocycles.